The third-order valence-electron chi connectivity index (χ3n) is 2.97. The van der Waals surface area contributed by atoms with Gasteiger partial charge < -0.3 is 14.8 Å². The second kappa shape index (κ2) is 9.16. The molecule has 0 bridgehead atoms. The molecular formula is C16H12BrClN2O6. The monoisotopic (exact) mass is 442 g/mol. The SMILES string of the molecule is O=C(COC(=O)COc1ccc(Cl)cc1Br)Nc1ccc([N+](=O)[O-])cc1. The van der Waals surface area contributed by atoms with Crippen molar-refractivity contribution < 1.29 is 24.0 Å². The van der Waals surface area contributed by atoms with Crippen LogP contribution in [0.5, 0.6) is 5.75 Å². The first-order chi connectivity index (χ1) is 12.3. The summed E-state index contributed by atoms with van der Waals surface area (Å²) in [5.74, 6) is -0.910. The second-order valence-corrected chi connectivity index (χ2v) is 6.17. The third kappa shape index (κ3) is 6.01. The Morgan fingerprint density at radius 3 is 2.46 bits per heavy atom. The van der Waals surface area contributed by atoms with E-state index in [1.807, 2.05) is 0 Å². The van der Waals surface area contributed by atoms with Crippen molar-refractivity contribution in [2.24, 2.45) is 0 Å². The summed E-state index contributed by atoms with van der Waals surface area (Å²) in [5.41, 5.74) is 0.248. The number of nitro benzene ring substituents is 1. The van der Waals surface area contributed by atoms with Crippen LogP contribution in [-0.4, -0.2) is 30.0 Å². The van der Waals surface area contributed by atoms with Crippen LogP contribution in [0.4, 0.5) is 11.4 Å². The van der Waals surface area contributed by atoms with Crippen LogP contribution < -0.4 is 10.1 Å². The number of rotatable bonds is 7. The number of halogens is 2. The molecule has 0 spiro atoms. The second-order valence-electron chi connectivity index (χ2n) is 4.88. The fourth-order valence-electron chi connectivity index (χ4n) is 1.78. The molecule has 0 aromatic heterocycles. The summed E-state index contributed by atoms with van der Waals surface area (Å²) in [6, 6.07) is 10.0. The molecule has 8 nitrogen and oxygen atoms in total. The fraction of sp³-hybridized carbons (Fsp3) is 0.125. The van der Waals surface area contributed by atoms with E-state index in [4.69, 9.17) is 21.1 Å². The van der Waals surface area contributed by atoms with E-state index in [1.165, 1.54) is 24.3 Å². The van der Waals surface area contributed by atoms with Crippen LogP contribution in [0, 0.1) is 10.1 Å². The van der Waals surface area contributed by atoms with Crippen molar-refractivity contribution in [1.82, 2.24) is 0 Å². The highest BCUT2D eigenvalue weighted by Crippen LogP contribution is 2.27. The molecule has 0 aliphatic carbocycles. The van der Waals surface area contributed by atoms with Gasteiger partial charge in [-0.1, -0.05) is 11.6 Å². The highest BCUT2D eigenvalue weighted by molar-refractivity contribution is 9.10. The molecule has 136 valence electrons. The first-order valence-electron chi connectivity index (χ1n) is 7.13. The number of anilines is 1. The fourth-order valence-corrected chi connectivity index (χ4v) is 2.58. The van der Waals surface area contributed by atoms with Crippen molar-refractivity contribution in [3.8, 4) is 5.75 Å². The van der Waals surface area contributed by atoms with Gasteiger partial charge in [0.05, 0.1) is 9.40 Å². The first kappa shape index (κ1) is 19.7. The number of carbonyl (C=O) groups is 2. The molecule has 0 saturated heterocycles. The van der Waals surface area contributed by atoms with Gasteiger partial charge in [-0.3, -0.25) is 14.9 Å². The van der Waals surface area contributed by atoms with E-state index in [9.17, 15) is 19.7 Å². The molecule has 10 heteroatoms. The summed E-state index contributed by atoms with van der Waals surface area (Å²) in [6.07, 6.45) is 0. The molecule has 1 N–H and O–H groups in total. The Morgan fingerprint density at radius 1 is 1.15 bits per heavy atom. The molecule has 0 heterocycles. The smallest absolute Gasteiger partial charge is 0.344 e. The Kier molecular flexibility index (Phi) is 6.93. The van der Waals surface area contributed by atoms with Gasteiger partial charge in [0.2, 0.25) is 0 Å². The number of hydrogen-bond acceptors (Lipinski definition) is 6. The normalized spacial score (nSPS) is 10.1. The number of amides is 1. The molecule has 1 amide bonds. The summed E-state index contributed by atoms with van der Waals surface area (Å²) >= 11 is 9.04. The number of nitrogens with zero attached hydrogens (tertiary/aromatic N) is 1. The predicted octanol–water partition coefficient (Wildman–Crippen LogP) is 3.57. The average Bonchev–Trinajstić information content (AvgIpc) is 2.59. The Morgan fingerprint density at radius 2 is 1.85 bits per heavy atom. The minimum atomic E-state index is -0.731. The van der Waals surface area contributed by atoms with Crippen LogP contribution in [0.2, 0.25) is 5.02 Å². The van der Waals surface area contributed by atoms with Gasteiger partial charge in [0, 0.05) is 22.8 Å². The van der Waals surface area contributed by atoms with Crippen LogP contribution in [0.1, 0.15) is 0 Å². The average molecular weight is 444 g/mol. The van der Waals surface area contributed by atoms with Gasteiger partial charge in [-0.25, -0.2) is 4.79 Å². The van der Waals surface area contributed by atoms with Crippen molar-refractivity contribution in [3.05, 3.63) is 62.1 Å². The molecular weight excluding hydrogens is 432 g/mol. The van der Waals surface area contributed by atoms with Crippen LogP contribution >= 0.6 is 27.5 Å². The summed E-state index contributed by atoms with van der Waals surface area (Å²) in [6.45, 7) is -0.897. The zero-order chi connectivity index (χ0) is 19.1. The molecule has 2 aromatic carbocycles. The number of benzene rings is 2. The minimum absolute atomic E-state index is 0.0973. The van der Waals surface area contributed by atoms with E-state index >= 15 is 0 Å². The lowest BCUT2D eigenvalue weighted by Gasteiger charge is -2.09. The van der Waals surface area contributed by atoms with Gasteiger partial charge in [-0.05, 0) is 46.3 Å². The zero-order valence-electron chi connectivity index (χ0n) is 13.1. The number of ether oxygens (including phenoxy) is 2. The van der Waals surface area contributed by atoms with E-state index < -0.39 is 23.4 Å². The maximum Gasteiger partial charge on any atom is 0.344 e. The minimum Gasteiger partial charge on any atom is -0.481 e. The van der Waals surface area contributed by atoms with Crippen molar-refractivity contribution in [1.29, 1.82) is 0 Å². The molecule has 2 aromatic rings. The van der Waals surface area contributed by atoms with Crippen molar-refractivity contribution in [2.75, 3.05) is 18.5 Å². The van der Waals surface area contributed by atoms with Crippen molar-refractivity contribution in [3.63, 3.8) is 0 Å². The summed E-state index contributed by atoms with van der Waals surface area (Å²) in [5, 5.41) is 13.5. The summed E-state index contributed by atoms with van der Waals surface area (Å²) < 4.78 is 10.6. The quantitative estimate of drug-likeness (QED) is 0.398. The third-order valence-corrected chi connectivity index (χ3v) is 3.82. The van der Waals surface area contributed by atoms with Crippen LogP contribution in [-0.2, 0) is 14.3 Å². The maximum absolute atomic E-state index is 11.7. The molecule has 2 rings (SSSR count). The van der Waals surface area contributed by atoms with Crippen LogP contribution in [0.15, 0.2) is 46.9 Å². The van der Waals surface area contributed by atoms with E-state index in [0.717, 1.165) is 0 Å². The van der Waals surface area contributed by atoms with Gasteiger partial charge in [0.25, 0.3) is 11.6 Å². The lowest BCUT2D eigenvalue weighted by molar-refractivity contribution is -0.384. The zero-order valence-corrected chi connectivity index (χ0v) is 15.5. The standard InChI is InChI=1S/C16H12BrClN2O6/c17-13-7-10(18)1-6-14(13)25-9-16(22)26-8-15(21)19-11-2-4-12(5-3-11)20(23)24/h1-7H,8-9H2,(H,19,21). The molecule has 0 aliphatic heterocycles. The van der Waals surface area contributed by atoms with Gasteiger partial charge in [0.1, 0.15) is 5.75 Å². The first-order valence-corrected chi connectivity index (χ1v) is 8.30. The summed E-state index contributed by atoms with van der Waals surface area (Å²) in [4.78, 5) is 33.3. The van der Waals surface area contributed by atoms with E-state index in [2.05, 4.69) is 21.2 Å². The van der Waals surface area contributed by atoms with Crippen molar-refractivity contribution in [2.45, 2.75) is 0 Å². The van der Waals surface area contributed by atoms with E-state index in [-0.39, 0.29) is 12.3 Å². The van der Waals surface area contributed by atoms with Gasteiger partial charge >= 0.3 is 5.97 Å². The molecule has 0 fully saturated rings. The molecule has 0 unspecified atom stereocenters. The largest absolute Gasteiger partial charge is 0.481 e. The summed E-state index contributed by atoms with van der Waals surface area (Å²) in [7, 11) is 0. The number of non-ortho nitro benzene ring substituents is 1. The molecule has 0 radical (unpaired) electrons. The number of hydrogen-bond donors (Lipinski definition) is 1. The van der Waals surface area contributed by atoms with E-state index in [1.54, 1.807) is 18.2 Å². The van der Waals surface area contributed by atoms with Crippen molar-refractivity contribution >= 4 is 50.8 Å². The lowest BCUT2D eigenvalue weighted by atomic mass is 10.3. The van der Waals surface area contributed by atoms with Crippen LogP contribution in [0.3, 0.4) is 0 Å². The van der Waals surface area contributed by atoms with E-state index in [0.29, 0.717) is 20.9 Å². The molecule has 0 atom stereocenters. The number of esters is 1. The number of carbonyl (C=O) groups excluding carboxylic acids is 2. The van der Waals surface area contributed by atoms with Gasteiger partial charge in [-0.15, -0.1) is 0 Å². The molecule has 26 heavy (non-hydrogen) atoms. The Labute approximate surface area is 161 Å². The number of nitrogens with one attached hydrogen (secondary N) is 1. The predicted molar refractivity (Wildman–Crippen MR) is 97.3 cm³/mol. The topological polar surface area (TPSA) is 108 Å². The molecule has 0 aliphatic rings. The highest BCUT2D eigenvalue weighted by atomic mass is 79.9. The van der Waals surface area contributed by atoms with Gasteiger partial charge in [-0.2, -0.15) is 0 Å². The maximum atomic E-state index is 11.7. The van der Waals surface area contributed by atoms with Gasteiger partial charge in [0.15, 0.2) is 13.2 Å². The number of nitro groups is 1. The highest BCUT2D eigenvalue weighted by Gasteiger charge is 2.11. The lowest BCUT2D eigenvalue weighted by Crippen LogP contribution is -2.23. The Hall–Kier alpha value is -2.65. The Bertz CT molecular complexity index is 828. The van der Waals surface area contributed by atoms with Crippen LogP contribution in [0.25, 0.3) is 0 Å². The Balaban J connectivity index is 1.76. The molecule has 0 saturated carbocycles.